The van der Waals surface area contributed by atoms with E-state index in [1.54, 1.807) is 0 Å². The Hall–Kier alpha value is -3.99. The van der Waals surface area contributed by atoms with Gasteiger partial charge in [0.1, 0.15) is 0 Å². The van der Waals surface area contributed by atoms with Crippen molar-refractivity contribution in [1.29, 1.82) is 0 Å². The summed E-state index contributed by atoms with van der Waals surface area (Å²) in [4.78, 5) is 0. The molecule has 0 nitrogen and oxygen atoms in total. The first-order chi connectivity index (χ1) is 17.4. The first-order valence-electron chi connectivity index (χ1n) is 12.0. The standard InChI is InChI=1S/C34H25P/c1-6-16-26(17-7-1)31-32(27-18-8-2-9-19-27)34(29-22-12-4-13-23-29,30-24-14-5-15-25-30)35-33(31)28-20-10-3-11-21-28/h1-25H. The van der Waals surface area contributed by atoms with Crippen LogP contribution >= 0.6 is 8.20 Å². The van der Waals surface area contributed by atoms with Crippen LogP contribution in [0.5, 0.6) is 0 Å². The monoisotopic (exact) mass is 464 g/mol. The van der Waals surface area contributed by atoms with E-state index in [4.69, 9.17) is 0 Å². The minimum absolute atomic E-state index is 0.333. The van der Waals surface area contributed by atoms with Gasteiger partial charge in [-0.15, -0.1) is 0 Å². The highest BCUT2D eigenvalue weighted by Crippen LogP contribution is 2.60. The van der Waals surface area contributed by atoms with Gasteiger partial charge in [0.2, 0.25) is 0 Å². The Labute approximate surface area is 209 Å². The zero-order valence-electron chi connectivity index (χ0n) is 19.4. The quantitative estimate of drug-likeness (QED) is 0.228. The molecule has 1 aliphatic rings. The van der Waals surface area contributed by atoms with E-state index in [0.717, 1.165) is 0 Å². The van der Waals surface area contributed by atoms with Gasteiger partial charge in [-0.05, 0) is 39.0 Å². The lowest BCUT2D eigenvalue weighted by Crippen LogP contribution is -2.22. The van der Waals surface area contributed by atoms with E-state index in [-0.39, 0.29) is 5.16 Å². The van der Waals surface area contributed by atoms with Crippen LogP contribution in [-0.2, 0) is 5.16 Å². The van der Waals surface area contributed by atoms with E-state index < -0.39 is 0 Å². The van der Waals surface area contributed by atoms with Crippen molar-refractivity contribution < 1.29 is 0 Å². The summed E-state index contributed by atoms with van der Waals surface area (Å²) in [7, 11) is 1.26. The maximum Gasteiger partial charge on any atom is 0.0887 e. The SMILES string of the molecule is c1ccc(C2=PC(c3ccccc3)(c3ccccc3)C(c3ccccc3)=C2c2ccccc2)cc1. The third-order valence-corrected chi connectivity index (χ3v) is 8.46. The molecule has 1 heterocycles. The number of allylic oxidation sites excluding steroid dienone is 2. The molecule has 0 saturated heterocycles. The normalized spacial score (nSPS) is 15.0. The molecule has 0 atom stereocenters. The first kappa shape index (κ1) is 21.5. The lowest BCUT2D eigenvalue weighted by Gasteiger charge is -2.33. The van der Waals surface area contributed by atoms with Crippen LogP contribution in [0.1, 0.15) is 27.8 Å². The summed E-state index contributed by atoms with van der Waals surface area (Å²) in [5.41, 5.74) is 9.11. The average Bonchev–Trinajstić information content (AvgIpc) is 3.33. The van der Waals surface area contributed by atoms with E-state index in [1.807, 2.05) is 0 Å². The third-order valence-electron chi connectivity index (χ3n) is 6.68. The van der Waals surface area contributed by atoms with Gasteiger partial charge in [0, 0.05) is 5.29 Å². The Balaban J connectivity index is 1.80. The maximum absolute atomic E-state index is 2.29. The van der Waals surface area contributed by atoms with Crippen LogP contribution < -0.4 is 0 Å². The van der Waals surface area contributed by atoms with Gasteiger partial charge >= 0.3 is 0 Å². The van der Waals surface area contributed by atoms with Gasteiger partial charge in [0.05, 0.1) is 5.16 Å². The Kier molecular flexibility index (Phi) is 5.75. The van der Waals surface area contributed by atoms with E-state index >= 15 is 0 Å². The Morgan fingerprint density at radius 3 is 1.20 bits per heavy atom. The van der Waals surface area contributed by atoms with Crippen molar-refractivity contribution in [2.24, 2.45) is 0 Å². The van der Waals surface area contributed by atoms with Gasteiger partial charge in [0.15, 0.2) is 0 Å². The van der Waals surface area contributed by atoms with Crippen molar-refractivity contribution in [3.63, 3.8) is 0 Å². The second-order valence-corrected chi connectivity index (χ2v) is 10.1. The van der Waals surface area contributed by atoms with Crippen LogP contribution in [0.25, 0.3) is 11.1 Å². The fraction of sp³-hybridized carbons (Fsp3) is 0.0294. The van der Waals surface area contributed by atoms with Gasteiger partial charge in [-0.2, -0.15) is 0 Å². The van der Waals surface area contributed by atoms with E-state index in [2.05, 4.69) is 152 Å². The predicted molar refractivity (Wildman–Crippen MR) is 151 cm³/mol. The van der Waals surface area contributed by atoms with E-state index in [9.17, 15) is 0 Å². The highest BCUT2D eigenvalue weighted by atomic mass is 31.1. The van der Waals surface area contributed by atoms with Crippen LogP contribution in [0.4, 0.5) is 0 Å². The van der Waals surface area contributed by atoms with Crippen LogP contribution in [0, 0.1) is 0 Å². The molecule has 0 unspecified atom stereocenters. The molecule has 0 radical (unpaired) electrons. The highest BCUT2D eigenvalue weighted by molar-refractivity contribution is 7.47. The molecule has 166 valence electrons. The molecule has 1 aliphatic heterocycles. The smallest absolute Gasteiger partial charge is 0.0737 e. The van der Waals surface area contributed by atoms with Crippen LogP contribution in [0.15, 0.2) is 152 Å². The molecule has 0 fully saturated rings. The maximum atomic E-state index is 2.29. The molecule has 1 heteroatoms. The molecule has 0 spiro atoms. The molecule has 0 N–H and O–H groups in total. The van der Waals surface area contributed by atoms with Crippen molar-refractivity contribution in [3.8, 4) is 0 Å². The summed E-state index contributed by atoms with van der Waals surface area (Å²) < 4.78 is 0. The molecule has 0 saturated carbocycles. The van der Waals surface area contributed by atoms with Crippen LogP contribution in [0.2, 0.25) is 0 Å². The topological polar surface area (TPSA) is 0 Å². The second kappa shape index (κ2) is 9.34. The molecule has 6 rings (SSSR count). The number of rotatable bonds is 5. The van der Waals surface area contributed by atoms with Crippen molar-refractivity contribution >= 4 is 24.6 Å². The number of benzene rings is 5. The van der Waals surface area contributed by atoms with Crippen LogP contribution in [0.3, 0.4) is 0 Å². The fourth-order valence-electron chi connectivity index (χ4n) is 5.17. The third kappa shape index (κ3) is 3.77. The Morgan fingerprint density at radius 2 is 0.743 bits per heavy atom. The summed E-state index contributed by atoms with van der Waals surface area (Å²) in [5.74, 6) is 0. The fourth-order valence-corrected chi connectivity index (χ4v) is 7.05. The summed E-state index contributed by atoms with van der Waals surface area (Å²) in [5, 5.41) is 1.03. The molecule has 0 bridgehead atoms. The average molecular weight is 465 g/mol. The van der Waals surface area contributed by atoms with Crippen LogP contribution in [-0.4, -0.2) is 5.29 Å². The zero-order chi connectivity index (χ0) is 23.5. The van der Waals surface area contributed by atoms with Crippen molar-refractivity contribution in [2.75, 3.05) is 0 Å². The van der Waals surface area contributed by atoms with E-state index in [0.29, 0.717) is 0 Å². The lowest BCUT2D eigenvalue weighted by atomic mass is 9.76. The lowest BCUT2D eigenvalue weighted by molar-refractivity contribution is 0.967. The van der Waals surface area contributed by atoms with Gasteiger partial charge in [-0.25, -0.2) is 0 Å². The second-order valence-electron chi connectivity index (χ2n) is 8.75. The van der Waals surface area contributed by atoms with Gasteiger partial charge in [0.25, 0.3) is 0 Å². The summed E-state index contributed by atoms with van der Waals surface area (Å²) in [6.45, 7) is 0. The van der Waals surface area contributed by atoms with E-state index in [1.165, 1.54) is 52.5 Å². The largest absolute Gasteiger partial charge is 0.0887 e. The molecule has 35 heavy (non-hydrogen) atoms. The predicted octanol–water partition coefficient (Wildman–Crippen LogP) is 8.72. The molecule has 0 aliphatic carbocycles. The molecule has 0 amide bonds. The van der Waals surface area contributed by atoms with Gasteiger partial charge in [-0.3, -0.25) is 0 Å². The van der Waals surface area contributed by atoms with Crippen molar-refractivity contribution in [3.05, 3.63) is 179 Å². The molecular weight excluding hydrogens is 439 g/mol. The highest BCUT2D eigenvalue weighted by Gasteiger charge is 2.45. The Bertz CT molecular complexity index is 1440. The minimum Gasteiger partial charge on any atom is -0.0737 e. The molecular formula is C34H25P. The van der Waals surface area contributed by atoms with Crippen molar-refractivity contribution in [2.45, 2.75) is 5.16 Å². The van der Waals surface area contributed by atoms with Gasteiger partial charge < -0.3 is 0 Å². The number of hydrogen-bond donors (Lipinski definition) is 0. The zero-order valence-corrected chi connectivity index (χ0v) is 20.3. The number of hydrogen-bond acceptors (Lipinski definition) is 0. The molecule has 0 aromatic heterocycles. The first-order valence-corrected chi connectivity index (χ1v) is 12.9. The van der Waals surface area contributed by atoms with Gasteiger partial charge in [-0.1, -0.05) is 160 Å². The molecule has 5 aromatic rings. The summed E-state index contributed by atoms with van der Waals surface area (Å²) in [6.07, 6.45) is 0. The minimum atomic E-state index is -0.333. The Morgan fingerprint density at radius 1 is 0.371 bits per heavy atom. The van der Waals surface area contributed by atoms with Crippen molar-refractivity contribution in [1.82, 2.24) is 0 Å². The molecule has 5 aromatic carbocycles. The summed E-state index contributed by atoms with van der Waals surface area (Å²) in [6, 6.07) is 54.8. The summed E-state index contributed by atoms with van der Waals surface area (Å²) >= 11 is 0.